The molecular weight excluding hydrogens is 1290 g/mol. The number of hydrogen-bond acceptors (Lipinski definition) is 12. The molecule has 18 heteroatoms. The fourth-order valence-electron chi connectivity index (χ4n) is 14.7. The van der Waals surface area contributed by atoms with Gasteiger partial charge in [-0.15, -0.1) is 0 Å². The first-order valence-electron chi connectivity index (χ1n) is 36.5. The molecule has 0 aromatic carbocycles. The number of aromatic nitrogens is 8. The predicted molar refractivity (Wildman–Crippen MR) is 417 cm³/mol. The van der Waals surface area contributed by atoms with E-state index in [2.05, 4.69) is 162 Å². The van der Waals surface area contributed by atoms with Crippen molar-refractivity contribution in [2.45, 2.75) is 212 Å². The van der Waals surface area contributed by atoms with Crippen molar-refractivity contribution in [2.24, 2.45) is 0 Å². The van der Waals surface area contributed by atoms with Crippen molar-refractivity contribution in [3.63, 3.8) is 0 Å². The third kappa shape index (κ3) is 17.2. The van der Waals surface area contributed by atoms with Crippen LogP contribution in [0.3, 0.4) is 0 Å². The summed E-state index contributed by atoms with van der Waals surface area (Å²) in [7, 11) is 6.77. The van der Waals surface area contributed by atoms with Crippen molar-refractivity contribution in [3.05, 3.63) is 139 Å². The highest BCUT2D eigenvalue weighted by atomic mass is 33.1. The minimum absolute atomic E-state index is 0.0447. The molecule has 16 nitrogen and oxygen atoms in total. The van der Waals surface area contributed by atoms with Gasteiger partial charge in [-0.05, 0) is 270 Å². The SMILES string of the molecule is CCC1=C(C)c2cc3nc(cc4[nH]c(cc5[nH]c(cc1n2)c(C)c5CC)c(C)c4CCC(=O)NCCCCCCSSCCCCCCNC(=O)CCc1c(C)c2cc4[nH]c(cc5nc(cc6nc(cc1[nH]2)C(CCC(=O)OC)=C6C)C(C)=C5CC)c(C)c4CC)C(CCC(=O)OC)=C3C. The van der Waals surface area contributed by atoms with E-state index in [4.69, 9.17) is 29.4 Å². The molecule has 0 atom stereocenters. The fraction of sp³-hybridized carbons (Fsp3) is 0.463. The number of unbranched alkanes of at least 4 members (excludes halogenated alkanes) is 6. The van der Waals surface area contributed by atoms with Crippen LogP contribution in [-0.2, 0) is 54.3 Å². The summed E-state index contributed by atoms with van der Waals surface area (Å²) in [6, 6.07) is 17.2. The zero-order valence-corrected chi connectivity index (χ0v) is 63.3. The molecule has 10 heterocycles. The first-order valence-corrected chi connectivity index (χ1v) is 39.0. The van der Waals surface area contributed by atoms with Gasteiger partial charge in [-0.2, -0.15) is 0 Å². The van der Waals surface area contributed by atoms with E-state index < -0.39 is 0 Å². The van der Waals surface area contributed by atoms with Gasteiger partial charge >= 0.3 is 11.9 Å². The number of methoxy groups -OCH3 is 2. The van der Waals surface area contributed by atoms with E-state index in [1.54, 1.807) is 0 Å². The number of carbonyl (C=O) groups is 4. The number of carbonyl (C=O) groups excluding carboxylic acids is 4. The normalized spacial score (nSPS) is 13.1. The Bertz CT molecular complexity index is 4320. The average Bonchev–Trinajstić information content (AvgIpc) is 1.63. The number of fused-ring (bicyclic) bond motifs is 16. The van der Waals surface area contributed by atoms with Gasteiger partial charge in [0.1, 0.15) is 0 Å². The number of allylic oxidation sites excluding steroid dienone is 8. The van der Waals surface area contributed by atoms with Crippen molar-refractivity contribution < 1.29 is 28.7 Å². The first-order chi connectivity index (χ1) is 48.3. The van der Waals surface area contributed by atoms with Gasteiger partial charge in [0.25, 0.3) is 0 Å². The monoisotopic (exact) mass is 1390 g/mol. The second kappa shape index (κ2) is 34.4. The quantitative estimate of drug-likeness (QED) is 0.0136. The average molecular weight is 1390 g/mol. The van der Waals surface area contributed by atoms with E-state index >= 15 is 0 Å². The number of aryl methyl sites for hydroxylation is 8. The molecule has 6 N–H and O–H groups in total. The molecular formula is C82H104N10O6S2. The number of amides is 2. The number of hydrogen-bond donors (Lipinski definition) is 6. The van der Waals surface area contributed by atoms with Gasteiger partial charge in [-0.25, -0.2) is 19.9 Å². The van der Waals surface area contributed by atoms with Gasteiger partial charge in [0.05, 0.1) is 59.8 Å². The molecule has 6 aromatic rings. The van der Waals surface area contributed by atoms with Crippen LogP contribution in [-0.4, -0.2) is 102 Å². The van der Waals surface area contributed by atoms with Crippen molar-refractivity contribution in [1.29, 1.82) is 0 Å². The zero-order chi connectivity index (χ0) is 71.3. The lowest BCUT2D eigenvalue weighted by Crippen LogP contribution is -2.24. The summed E-state index contributed by atoms with van der Waals surface area (Å²) in [4.78, 5) is 87.9. The van der Waals surface area contributed by atoms with Gasteiger partial charge in [0, 0.05) is 94.4 Å². The minimum Gasteiger partial charge on any atom is -0.469 e. The van der Waals surface area contributed by atoms with Gasteiger partial charge in [0.2, 0.25) is 11.8 Å². The molecule has 2 amide bonds. The summed E-state index contributed by atoms with van der Waals surface area (Å²) in [6.45, 7) is 27.1. The smallest absolute Gasteiger partial charge is 0.305 e. The molecule has 16 bridgehead atoms. The Kier molecular flexibility index (Phi) is 25.6. The number of ether oxygens (including phenoxy) is 2. The largest absolute Gasteiger partial charge is 0.469 e. The maximum absolute atomic E-state index is 13.5. The Hall–Kier alpha value is -8.22. The van der Waals surface area contributed by atoms with Crippen LogP contribution in [0.2, 0.25) is 0 Å². The van der Waals surface area contributed by atoms with E-state index in [1.165, 1.54) is 47.6 Å². The lowest BCUT2D eigenvalue weighted by Gasteiger charge is -2.07. The molecule has 0 radical (unpaired) electrons. The fourth-order valence-corrected chi connectivity index (χ4v) is 17.0. The van der Waals surface area contributed by atoms with Gasteiger partial charge in [0.15, 0.2) is 0 Å². The standard InChI is InChI=1S/C82H104N10O6S2/c1-15-55-47(5)63-39-65-53(11)61(29-33-81(95)97-13)77(89-65)45-75-59(51(9)69(91-75)43-73-57(17-3)49(7)67(87-73)41-71(55)85-63)27-31-79(93)83-35-23-19-21-25-37-99-100-38-26-22-20-24-36-84-80(94)32-28-60-52(10)70-44-74-58(18-4)50(8)68(88-74)42-72-56(16-2)48(6)64(86-72)40-66-54(12)62(30-34-82(96)98-14)78(90-66)46-76(60)92-70/h39-46,87-88,91-92H,15-38H2,1-14H3,(H,83,93)(H,84,94). The van der Waals surface area contributed by atoms with Gasteiger partial charge in [-0.3, -0.25) is 19.2 Å². The third-order valence-electron chi connectivity index (χ3n) is 20.9. The molecule has 530 valence electrons. The predicted octanol–water partition coefficient (Wildman–Crippen LogP) is 19.1. The van der Waals surface area contributed by atoms with E-state index in [0.29, 0.717) is 51.6 Å². The second-order valence-corrected chi connectivity index (χ2v) is 29.8. The molecule has 0 aliphatic carbocycles. The molecule has 100 heavy (non-hydrogen) atoms. The molecule has 0 spiro atoms. The van der Waals surface area contributed by atoms with Crippen molar-refractivity contribution in [1.82, 2.24) is 50.5 Å². The first kappa shape index (κ1) is 74.5. The Morgan fingerprint density at radius 2 is 0.660 bits per heavy atom. The van der Waals surface area contributed by atoms with Crippen LogP contribution in [0.1, 0.15) is 248 Å². The maximum atomic E-state index is 13.5. The third-order valence-corrected chi connectivity index (χ3v) is 23.4. The highest BCUT2D eigenvalue weighted by Crippen LogP contribution is 2.41. The van der Waals surface area contributed by atoms with Crippen molar-refractivity contribution in [2.75, 3.05) is 38.8 Å². The summed E-state index contributed by atoms with van der Waals surface area (Å²) in [5.41, 5.74) is 33.0. The Labute approximate surface area is 598 Å². The zero-order valence-electron chi connectivity index (χ0n) is 61.6. The van der Waals surface area contributed by atoms with Crippen LogP contribution in [0.4, 0.5) is 0 Å². The van der Waals surface area contributed by atoms with Crippen LogP contribution in [0, 0.1) is 27.7 Å². The number of H-pyrrole nitrogens is 4. The molecule has 4 aliphatic heterocycles. The second-order valence-electron chi connectivity index (χ2n) is 27.1. The summed E-state index contributed by atoms with van der Waals surface area (Å²) in [5.74, 6) is 1.78. The van der Waals surface area contributed by atoms with E-state index in [-0.39, 0.29) is 36.6 Å². The van der Waals surface area contributed by atoms with E-state index in [1.807, 2.05) is 21.6 Å². The summed E-state index contributed by atoms with van der Waals surface area (Å²) in [5, 5.41) is 6.43. The van der Waals surface area contributed by atoms with E-state index in [9.17, 15) is 19.2 Å². The molecule has 10 rings (SSSR count). The highest BCUT2D eigenvalue weighted by molar-refractivity contribution is 8.76. The molecule has 0 saturated heterocycles. The van der Waals surface area contributed by atoms with E-state index in [0.717, 1.165) is 234 Å². The van der Waals surface area contributed by atoms with Gasteiger partial charge < -0.3 is 40.0 Å². The molecule has 0 fully saturated rings. The van der Waals surface area contributed by atoms with Crippen LogP contribution in [0.5, 0.6) is 0 Å². The molecule has 4 aliphatic rings. The number of aromatic amines is 4. The Morgan fingerprint density at radius 1 is 0.350 bits per heavy atom. The van der Waals surface area contributed by atoms with Gasteiger partial charge in [-0.1, -0.05) is 75.0 Å². The highest BCUT2D eigenvalue weighted by Gasteiger charge is 2.25. The van der Waals surface area contributed by atoms with Crippen LogP contribution in [0.25, 0.3) is 88.7 Å². The number of nitrogens with zero attached hydrogens (tertiary/aromatic N) is 4. The summed E-state index contributed by atoms with van der Waals surface area (Å²) in [6.07, 6.45) is 15.3. The minimum atomic E-state index is -0.267. The molecule has 0 unspecified atom stereocenters. The maximum Gasteiger partial charge on any atom is 0.305 e. The number of rotatable bonds is 31. The summed E-state index contributed by atoms with van der Waals surface area (Å²) < 4.78 is 10.1. The van der Waals surface area contributed by atoms with Crippen LogP contribution < -0.4 is 10.6 Å². The van der Waals surface area contributed by atoms with Crippen molar-refractivity contribution in [3.8, 4) is 0 Å². The molecule has 6 aromatic heterocycles. The lowest BCUT2D eigenvalue weighted by molar-refractivity contribution is -0.141. The molecule has 0 saturated carbocycles. The summed E-state index contributed by atoms with van der Waals surface area (Å²) >= 11 is 0. The Morgan fingerprint density at radius 3 is 1.01 bits per heavy atom. The van der Waals surface area contributed by atoms with Crippen molar-refractivity contribution >= 4 is 134 Å². The van der Waals surface area contributed by atoms with Crippen LogP contribution in [0.15, 0.2) is 48.5 Å². The number of esters is 2. The van der Waals surface area contributed by atoms with Crippen LogP contribution >= 0.6 is 21.6 Å². The topological polar surface area (TPSA) is 226 Å². The number of nitrogens with one attached hydrogen (secondary N) is 6. The Balaban J connectivity index is 0.673. The lowest BCUT2D eigenvalue weighted by atomic mass is 9.99.